The van der Waals surface area contributed by atoms with Gasteiger partial charge in [-0.3, -0.25) is 20.7 Å². The Bertz CT molecular complexity index is 554. The molecule has 0 radical (unpaired) electrons. The van der Waals surface area contributed by atoms with Crippen molar-refractivity contribution in [2.45, 2.75) is 24.4 Å². The van der Waals surface area contributed by atoms with E-state index in [9.17, 15) is 18.7 Å². The maximum absolute atomic E-state index is 11.5. The summed E-state index contributed by atoms with van der Waals surface area (Å²) in [4.78, 5) is 22.9. The maximum Gasteiger partial charge on any atom is 0.414 e. The molecule has 2 saturated heterocycles. The molecule has 2 aliphatic rings. The fourth-order valence-electron chi connectivity index (χ4n) is 2.25. The van der Waals surface area contributed by atoms with E-state index in [1.807, 2.05) is 0 Å². The summed E-state index contributed by atoms with van der Waals surface area (Å²) in [6, 6.07) is 0. The Balaban J connectivity index is 1.87. The van der Waals surface area contributed by atoms with Crippen LogP contribution in [-0.4, -0.2) is 56.5 Å². The number of carbonyl (C=O) groups is 2. The minimum Gasteiger partial charge on any atom is -0.441 e. The van der Waals surface area contributed by atoms with Crippen LogP contribution < -0.4 is 21.2 Å². The second-order valence-electron chi connectivity index (χ2n) is 4.99. The van der Waals surface area contributed by atoms with Crippen molar-refractivity contribution in [2.24, 2.45) is 11.0 Å². The van der Waals surface area contributed by atoms with E-state index in [0.29, 0.717) is 0 Å². The SMILES string of the molecule is C[PH](=O)NC(=O)OC1CO[C@H]2[C@@H]1OC[C@H]2OC(=O)NP(N)(N)=O. The number of nitrogens with one attached hydrogen (secondary N) is 2. The minimum absolute atomic E-state index is 0.00590. The normalized spacial score (nSPS) is 31.1. The van der Waals surface area contributed by atoms with Gasteiger partial charge in [0.15, 0.2) is 20.2 Å². The molecule has 132 valence electrons. The fraction of sp³-hybridized carbons (Fsp3) is 0.778. The molecule has 5 atom stereocenters. The van der Waals surface area contributed by atoms with E-state index in [1.54, 1.807) is 5.09 Å². The number of amides is 2. The van der Waals surface area contributed by atoms with Gasteiger partial charge < -0.3 is 23.5 Å². The van der Waals surface area contributed by atoms with Crippen LogP contribution in [0.2, 0.25) is 0 Å². The van der Waals surface area contributed by atoms with E-state index >= 15 is 0 Å². The van der Waals surface area contributed by atoms with Gasteiger partial charge in [0.1, 0.15) is 12.2 Å². The third-order valence-corrected chi connectivity index (χ3v) is 4.11. The molecule has 0 aromatic heterocycles. The van der Waals surface area contributed by atoms with Crippen LogP contribution in [0.15, 0.2) is 0 Å². The van der Waals surface area contributed by atoms with E-state index in [4.69, 9.17) is 30.0 Å². The van der Waals surface area contributed by atoms with E-state index < -0.39 is 52.1 Å². The van der Waals surface area contributed by atoms with Crippen LogP contribution in [0.25, 0.3) is 0 Å². The van der Waals surface area contributed by atoms with Gasteiger partial charge in [0, 0.05) is 6.66 Å². The topological polar surface area (TPSA) is 181 Å². The van der Waals surface area contributed by atoms with Crippen LogP contribution >= 0.6 is 15.5 Å². The molecule has 2 fully saturated rings. The van der Waals surface area contributed by atoms with Gasteiger partial charge in [-0.2, -0.15) is 0 Å². The number of carbonyl (C=O) groups excluding carboxylic acids is 2. The first-order chi connectivity index (χ1) is 10.7. The molecule has 12 nitrogen and oxygen atoms in total. The molecule has 0 aromatic rings. The number of ether oxygens (including phenoxy) is 4. The molecule has 2 unspecified atom stereocenters. The van der Waals surface area contributed by atoms with E-state index in [1.165, 1.54) is 6.66 Å². The Kier molecular flexibility index (Phi) is 5.66. The van der Waals surface area contributed by atoms with Crippen LogP contribution in [0.1, 0.15) is 0 Å². The van der Waals surface area contributed by atoms with Gasteiger partial charge in [-0.25, -0.2) is 14.7 Å². The highest BCUT2D eigenvalue weighted by Gasteiger charge is 2.51. The van der Waals surface area contributed by atoms with Gasteiger partial charge >= 0.3 is 19.8 Å². The monoisotopic (exact) mass is 372 g/mol. The zero-order valence-corrected chi connectivity index (χ0v) is 14.0. The molecular weight excluding hydrogens is 354 g/mol. The zero-order chi connectivity index (χ0) is 17.2. The van der Waals surface area contributed by atoms with Crippen LogP contribution in [-0.2, 0) is 28.1 Å². The van der Waals surface area contributed by atoms with E-state index in [2.05, 4.69) is 5.09 Å². The Labute approximate surface area is 131 Å². The fourth-order valence-corrected chi connectivity index (χ4v) is 2.93. The molecule has 2 amide bonds. The lowest BCUT2D eigenvalue weighted by Crippen LogP contribution is -2.39. The molecule has 2 heterocycles. The average Bonchev–Trinajstić information content (AvgIpc) is 2.90. The summed E-state index contributed by atoms with van der Waals surface area (Å²) in [5.41, 5.74) is 10.0. The lowest BCUT2D eigenvalue weighted by Gasteiger charge is -2.18. The summed E-state index contributed by atoms with van der Waals surface area (Å²) < 4.78 is 42.9. The summed E-state index contributed by atoms with van der Waals surface area (Å²) in [6.07, 6.45) is -4.74. The molecule has 6 N–H and O–H groups in total. The van der Waals surface area contributed by atoms with Gasteiger partial charge in [-0.05, 0) is 0 Å². The van der Waals surface area contributed by atoms with Crippen molar-refractivity contribution in [1.82, 2.24) is 10.2 Å². The highest BCUT2D eigenvalue weighted by molar-refractivity contribution is 7.57. The molecule has 0 aromatic carbocycles. The quantitative estimate of drug-likeness (QED) is 0.451. The first kappa shape index (κ1) is 18.2. The van der Waals surface area contributed by atoms with Crippen LogP contribution in [0.5, 0.6) is 0 Å². The smallest absolute Gasteiger partial charge is 0.414 e. The number of nitrogens with two attached hydrogens (primary N) is 2. The van der Waals surface area contributed by atoms with Crippen LogP contribution in [0.4, 0.5) is 9.59 Å². The second kappa shape index (κ2) is 7.16. The van der Waals surface area contributed by atoms with Gasteiger partial charge in [0.05, 0.1) is 13.2 Å². The largest absolute Gasteiger partial charge is 0.441 e. The molecule has 2 aliphatic heterocycles. The van der Waals surface area contributed by atoms with Crippen molar-refractivity contribution in [3.63, 3.8) is 0 Å². The number of hydrogen-bond donors (Lipinski definition) is 4. The molecule has 2 rings (SSSR count). The minimum atomic E-state index is -3.76. The van der Waals surface area contributed by atoms with Crippen molar-refractivity contribution in [1.29, 1.82) is 0 Å². The third kappa shape index (κ3) is 5.17. The van der Waals surface area contributed by atoms with Gasteiger partial charge in [0.25, 0.3) is 0 Å². The van der Waals surface area contributed by atoms with Crippen molar-refractivity contribution in [3.05, 3.63) is 0 Å². The number of fused-ring (bicyclic) bond motifs is 1. The maximum atomic E-state index is 11.5. The van der Waals surface area contributed by atoms with Gasteiger partial charge in [-0.1, -0.05) is 0 Å². The average molecular weight is 372 g/mol. The molecule has 0 aliphatic carbocycles. The van der Waals surface area contributed by atoms with Crippen molar-refractivity contribution < 1.29 is 37.7 Å². The summed E-state index contributed by atoms with van der Waals surface area (Å²) in [6.45, 7) is 1.37. The summed E-state index contributed by atoms with van der Waals surface area (Å²) in [5, 5.41) is 3.94. The highest BCUT2D eigenvalue weighted by Crippen LogP contribution is 2.31. The predicted molar refractivity (Wildman–Crippen MR) is 77.2 cm³/mol. The standard InChI is InChI=1S/C9H18N4O8P2/c1-22(16)12-8(14)20-4-2-18-7-5(3-19-6(4)7)21-9(15)13-23(10,11)17/h4-7,22H,2-3H2,1H3,(H,12,14,16)(H5,10,11,13,15,17)/t4?,5-,6-,7-/m1/s1. The molecule has 0 bridgehead atoms. The number of hydrogen-bond acceptors (Lipinski definition) is 8. The van der Waals surface area contributed by atoms with Crippen molar-refractivity contribution >= 4 is 27.7 Å². The molecule has 14 heteroatoms. The Hall–Kier alpha value is -1.16. The Morgan fingerprint density at radius 2 is 1.61 bits per heavy atom. The molecule has 23 heavy (non-hydrogen) atoms. The molecular formula is C9H18N4O8P2. The van der Waals surface area contributed by atoms with Crippen LogP contribution in [0.3, 0.4) is 0 Å². The van der Waals surface area contributed by atoms with Crippen LogP contribution in [0, 0.1) is 0 Å². The predicted octanol–water partition coefficient (Wildman–Crippen LogP) is -0.896. The summed E-state index contributed by atoms with van der Waals surface area (Å²) in [5.74, 6) is 0. The highest BCUT2D eigenvalue weighted by atomic mass is 31.2. The molecule has 0 saturated carbocycles. The van der Waals surface area contributed by atoms with Gasteiger partial charge in [0.2, 0.25) is 0 Å². The van der Waals surface area contributed by atoms with E-state index in [-0.39, 0.29) is 13.2 Å². The lowest BCUT2D eigenvalue weighted by atomic mass is 10.1. The van der Waals surface area contributed by atoms with Crippen molar-refractivity contribution in [2.75, 3.05) is 19.9 Å². The zero-order valence-electron chi connectivity index (χ0n) is 12.1. The van der Waals surface area contributed by atoms with Crippen molar-refractivity contribution in [3.8, 4) is 0 Å². The Morgan fingerprint density at radius 3 is 2.04 bits per heavy atom. The summed E-state index contributed by atoms with van der Waals surface area (Å²) >= 11 is 0. The first-order valence-electron chi connectivity index (χ1n) is 6.53. The lowest BCUT2D eigenvalue weighted by molar-refractivity contribution is -0.0100. The van der Waals surface area contributed by atoms with E-state index in [0.717, 1.165) is 0 Å². The third-order valence-electron chi connectivity index (χ3n) is 3.02. The van der Waals surface area contributed by atoms with Gasteiger partial charge in [-0.15, -0.1) is 0 Å². The Morgan fingerprint density at radius 1 is 1.13 bits per heavy atom. The second-order valence-corrected chi connectivity index (χ2v) is 7.99. The number of rotatable bonds is 4. The first-order valence-corrected chi connectivity index (χ1v) is 10.3. The summed E-state index contributed by atoms with van der Waals surface area (Å²) in [7, 11) is -5.99. The molecule has 0 spiro atoms.